The summed E-state index contributed by atoms with van der Waals surface area (Å²) in [5, 5.41) is 11.8. The molecule has 1 aliphatic rings. The number of esters is 1. The van der Waals surface area contributed by atoms with E-state index < -0.39 is 36.6 Å². The van der Waals surface area contributed by atoms with Gasteiger partial charge < -0.3 is 19.9 Å². The number of anilines is 2. The number of hydrogen-bond donors (Lipinski definition) is 1. The fourth-order valence-electron chi connectivity index (χ4n) is 3.22. The summed E-state index contributed by atoms with van der Waals surface area (Å²) in [6.07, 6.45) is 0. The number of para-hydroxylation sites is 2. The monoisotopic (exact) mass is 422 g/mol. The van der Waals surface area contributed by atoms with Gasteiger partial charge in [0.15, 0.2) is 6.61 Å². The Labute approximate surface area is 178 Å². The Hall–Kier alpha value is -4.19. The predicted octanol–water partition coefficient (Wildman–Crippen LogP) is 1.99. The fraction of sp³-hybridized carbons (Fsp3) is 0.182. The number of fused-ring (bicyclic) bond motifs is 1. The summed E-state index contributed by atoms with van der Waals surface area (Å²) < 4.78 is 18.5. The van der Waals surface area contributed by atoms with Gasteiger partial charge in [0.05, 0.1) is 16.9 Å². The number of hydrogen-bond acceptors (Lipinski definition) is 7. The molecule has 158 valence electrons. The Bertz CT molecular complexity index is 1090. The van der Waals surface area contributed by atoms with Crippen LogP contribution in [0.15, 0.2) is 59.9 Å². The molecule has 1 N–H and O–H groups in total. The Kier molecular flexibility index (Phi) is 6.31. The number of amides is 1. The number of nitrogens with zero attached hydrogens (tertiary/aromatic N) is 3. The van der Waals surface area contributed by atoms with Crippen molar-refractivity contribution in [2.75, 3.05) is 37.0 Å². The third-order valence-electron chi connectivity index (χ3n) is 4.73. The van der Waals surface area contributed by atoms with Crippen molar-refractivity contribution in [2.24, 2.45) is 0 Å². The van der Waals surface area contributed by atoms with Crippen LogP contribution in [0.3, 0.4) is 0 Å². The SMILES string of the molecule is CN1C(=C(C#N)C(=O)COC(=O)CNC(=O)c2ccccc2F)N(C)c2ccccc21. The van der Waals surface area contributed by atoms with Gasteiger partial charge in [-0.1, -0.05) is 24.3 Å². The number of Topliss-reactive ketones (excluding diaryl/α,β-unsaturated/α-hetero) is 1. The van der Waals surface area contributed by atoms with Crippen molar-refractivity contribution < 1.29 is 23.5 Å². The largest absolute Gasteiger partial charge is 0.456 e. The molecule has 1 aliphatic heterocycles. The van der Waals surface area contributed by atoms with Gasteiger partial charge in [-0.3, -0.25) is 14.4 Å². The fourth-order valence-corrected chi connectivity index (χ4v) is 3.22. The third-order valence-corrected chi connectivity index (χ3v) is 4.73. The highest BCUT2D eigenvalue weighted by Crippen LogP contribution is 2.40. The van der Waals surface area contributed by atoms with Gasteiger partial charge in [-0.15, -0.1) is 0 Å². The molecule has 1 amide bonds. The van der Waals surface area contributed by atoms with Gasteiger partial charge >= 0.3 is 5.97 Å². The number of ketones is 1. The van der Waals surface area contributed by atoms with Crippen LogP contribution in [0.25, 0.3) is 0 Å². The van der Waals surface area contributed by atoms with Crippen LogP contribution in [0.2, 0.25) is 0 Å². The molecule has 0 atom stereocenters. The molecule has 0 fully saturated rings. The lowest BCUT2D eigenvalue weighted by molar-refractivity contribution is -0.145. The minimum Gasteiger partial charge on any atom is -0.456 e. The maximum absolute atomic E-state index is 13.6. The molecule has 0 aromatic heterocycles. The number of carbonyl (C=O) groups is 3. The number of nitrogens with one attached hydrogen (secondary N) is 1. The molecule has 3 rings (SSSR count). The van der Waals surface area contributed by atoms with Crippen molar-refractivity contribution in [3.63, 3.8) is 0 Å². The van der Waals surface area contributed by atoms with Gasteiger partial charge in [-0.05, 0) is 24.3 Å². The minimum atomic E-state index is -0.892. The molecule has 0 spiro atoms. The van der Waals surface area contributed by atoms with Crippen molar-refractivity contribution in [1.29, 1.82) is 5.26 Å². The summed E-state index contributed by atoms with van der Waals surface area (Å²) in [6, 6.07) is 14.6. The summed E-state index contributed by atoms with van der Waals surface area (Å²) in [5.74, 6) is -2.71. The van der Waals surface area contributed by atoms with Gasteiger partial charge in [0.1, 0.15) is 29.8 Å². The van der Waals surface area contributed by atoms with E-state index in [1.165, 1.54) is 18.2 Å². The van der Waals surface area contributed by atoms with E-state index in [9.17, 15) is 24.0 Å². The lowest BCUT2D eigenvalue weighted by Gasteiger charge is -2.19. The topological polar surface area (TPSA) is 103 Å². The van der Waals surface area contributed by atoms with Crippen LogP contribution in [0.4, 0.5) is 15.8 Å². The van der Waals surface area contributed by atoms with Crippen molar-refractivity contribution in [3.8, 4) is 6.07 Å². The van der Waals surface area contributed by atoms with Crippen molar-refractivity contribution in [1.82, 2.24) is 5.32 Å². The third kappa shape index (κ3) is 4.38. The van der Waals surface area contributed by atoms with E-state index >= 15 is 0 Å². The quantitative estimate of drug-likeness (QED) is 0.431. The highest BCUT2D eigenvalue weighted by Gasteiger charge is 2.31. The highest BCUT2D eigenvalue weighted by atomic mass is 19.1. The lowest BCUT2D eigenvalue weighted by atomic mass is 10.2. The predicted molar refractivity (Wildman–Crippen MR) is 111 cm³/mol. The molecule has 2 aromatic carbocycles. The van der Waals surface area contributed by atoms with Crippen LogP contribution in [0.1, 0.15) is 10.4 Å². The number of rotatable bonds is 6. The van der Waals surface area contributed by atoms with Crippen molar-refractivity contribution >= 4 is 29.0 Å². The van der Waals surface area contributed by atoms with Gasteiger partial charge in [-0.2, -0.15) is 5.26 Å². The molecule has 31 heavy (non-hydrogen) atoms. The standard InChI is InChI=1S/C22H19FN4O4/c1-26-17-9-5-6-10-18(17)27(2)22(26)15(11-24)19(28)13-31-20(29)12-25-21(30)14-7-3-4-8-16(14)23/h3-10H,12-13H2,1-2H3,(H,25,30). The second-order valence-corrected chi connectivity index (χ2v) is 6.66. The maximum atomic E-state index is 13.6. The summed E-state index contributed by atoms with van der Waals surface area (Å²) in [6.45, 7) is -1.22. The van der Waals surface area contributed by atoms with Crippen LogP contribution in [0.5, 0.6) is 0 Å². The molecule has 0 unspecified atom stereocenters. The molecule has 8 nitrogen and oxygen atoms in total. The number of benzene rings is 2. The molecule has 0 radical (unpaired) electrons. The van der Waals surface area contributed by atoms with E-state index in [0.717, 1.165) is 17.4 Å². The van der Waals surface area contributed by atoms with Crippen LogP contribution in [-0.4, -0.2) is 44.9 Å². The molecular weight excluding hydrogens is 403 g/mol. The van der Waals surface area contributed by atoms with Crippen molar-refractivity contribution in [2.45, 2.75) is 0 Å². The van der Waals surface area contributed by atoms with Crippen LogP contribution in [-0.2, 0) is 14.3 Å². The summed E-state index contributed by atoms with van der Waals surface area (Å²) in [4.78, 5) is 39.8. The molecule has 0 saturated carbocycles. The van der Waals surface area contributed by atoms with Crippen LogP contribution >= 0.6 is 0 Å². The first kappa shape index (κ1) is 21.5. The highest BCUT2D eigenvalue weighted by molar-refractivity contribution is 6.04. The normalized spacial score (nSPS) is 12.1. The van der Waals surface area contributed by atoms with E-state index in [1.54, 1.807) is 23.9 Å². The Balaban J connectivity index is 1.61. The van der Waals surface area contributed by atoms with Crippen molar-refractivity contribution in [3.05, 3.63) is 71.3 Å². The molecule has 9 heteroatoms. The number of halogens is 1. The Morgan fingerprint density at radius 1 is 1.03 bits per heavy atom. The zero-order valence-corrected chi connectivity index (χ0v) is 16.9. The van der Waals surface area contributed by atoms with E-state index in [1.807, 2.05) is 30.3 Å². The molecule has 2 aromatic rings. The maximum Gasteiger partial charge on any atom is 0.325 e. The summed E-state index contributed by atoms with van der Waals surface area (Å²) >= 11 is 0. The number of carbonyl (C=O) groups excluding carboxylic acids is 3. The zero-order chi connectivity index (χ0) is 22.5. The zero-order valence-electron chi connectivity index (χ0n) is 16.9. The summed E-state index contributed by atoms with van der Waals surface area (Å²) in [7, 11) is 3.46. The van der Waals surface area contributed by atoms with Crippen LogP contribution in [0, 0.1) is 17.1 Å². The van der Waals surface area contributed by atoms with E-state index in [0.29, 0.717) is 5.82 Å². The van der Waals surface area contributed by atoms with E-state index in [-0.39, 0.29) is 11.1 Å². The van der Waals surface area contributed by atoms with Crippen LogP contribution < -0.4 is 15.1 Å². The van der Waals surface area contributed by atoms with Gasteiger partial charge in [0.2, 0.25) is 5.78 Å². The summed E-state index contributed by atoms with van der Waals surface area (Å²) in [5.41, 5.74) is 1.28. The molecule has 0 bridgehead atoms. The average Bonchev–Trinajstić information content (AvgIpc) is 3.02. The van der Waals surface area contributed by atoms with E-state index in [2.05, 4.69) is 5.32 Å². The molecule has 0 aliphatic carbocycles. The molecule has 1 heterocycles. The second kappa shape index (κ2) is 9.09. The first-order valence-corrected chi connectivity index (χ1v) is 9.27. The second-order valence-electron chi connectivity index (χ2n) is 6.66. The van der Waals surface area contributed by atoms with E-state index in [4.69, 9.17) is 4.74 Å². The molecule has 0 saturated heterocycles. The first-order chi connectivity index (χ1) is 14.8. The Morgan fingerprint density at radius 2 is 1.61 bits per heavy atom. The molecular formula is C22H19FN4O4. The number of nitriles is 1. The Morgan fingerprint density at radius 3 is 2.19 bits per heavy atom. The first-order valence-electron chi connectivity index (χ1n) is 9.27. The van der Waals surface area contributed by atoms with Gasteiger partial charge in [0.25, 0.3) is 5.91 Å². The smallest absolute Gasteiger partial charge is 0.325 e. The van der Waals surface area contributed by atoms with Gasteiger partial charge in [0, 0.05) is 14.1 Å². The van der Waals surface area contributed by atoms with Gasteiger partial charge in [-0.25, -0.2) is 4.39 Å². The average molecular weight is 422 g/mol. The minimum absolute atomic E-state index is 0.163. The number of ether oxygens (including phenoxy) is 1. The lowest BCUT2D eigenvalue weighted by Crippen LogP contribution is -2.32.